The van der Waals surface area contributed by atoms with Crippen molar-refractivity contribution in [2.75, 3.05) is 18.4 Å². The molecule has 0 atom stereocenters. The number of rotatable bonds is 5. The maximum atomic E-state index is 11.4. The molecule has 19 heavy (non-hydrogen) atoms. The van der Waals surface area contributed by atoms with Gasteiger partial charge in [-0.25, -0.2) is 0 Å². The minimum absolute atomic E-state index is 0.0138. The van der Waals surface area contributed by atoms with Crippen LogP contribution < -0.4 is 10.6 Å². The number of nitrogens with zero attached hydrogens (tertiary/aromatic N) is 2. The molecular weight excluding hydrogens is 240 g/mol. The monoisotopic (exact) mass is 260 g/mol. The molecule has 0 saturated carbocycles. The van der Waals surface area contributed by atoms with E-state index in [4.69, 9.17) is 5.26 Å². The standard InChI is InChI=1S/C14H20N4O/c1-9(2)14(19)17-6-5-16-13-7-10(3)18-11(4)12(13)8-15/h7,9H,5-6H2,1-4H3,(H,16,18)(H,17,19). The first kappa shape index (κ1) is 15.0. The van der Waals surface area contributed by atoms with Crippen molar-refractivity contribution in [1.82, 2.24) is 10.3 Å². The van der Waals surface area contributed by atoms with Crippen molar-refractivity contribution < 1.29 is 4.79 Å². The molecule has 1 aromatic heterocycles. The fourth-order valence-corrected chi connectivity index (χ4v) is 1.70. The van der Waals surface area contributed by atoms with Crippen molar-refractivity contribution in [3.05, 3.63) is 23.0 Å². The normalized spacial score (nSPS) is 10.1. The smallest absolute Gasteiger partial charge is 0.222 e. The second-order valence-electron chi connectivity index (χ2n) is 4.76. The Balaban J connectivity index is 2.59. The number of carbonyl (C=O) groups is 1. The van der Waals surface area contributed by atoms with Crippen molar-refractivity contribution in [3.63, 3.8) is 0 Å². The average molecular weight is 260 g/mol. The fourth-order valence-electron chi connectivity index (χ4n) is 1.70. The van der Waals surface area contributed by atoms with Crippen molar-refractivity contribution in [3.8, 4) is 6.07 Å². The number of pyridine rings is 1. The molecule has 0 aliphatic rings. The quantitative estimate of drug-likeness (QED) is 0.791. The fraction of sp³-hybridized carbons (Fsp3) is 0.500. The lowest BCUT2D eigenvalue weighted by atomic mass is 10.1. The van der Waals surface area contributed by atoms with Gasteiger partial charge in [-0.15, -0.1) is 0 Å². The van der Waals surface area contributed by atoms with Crippen LogP contribution in [0, 0.1) is 31.1 Å². The van der Waals surface area contributed by atoms with E-state index in [2.05, 4.69) is 21.7 Å². The third-order valence-electron chi connectivity index (χ3n) is 2.70. The molecule has 0 spiro atoms. The molecule has 0 aromatic carbocycles. The molecule has 5 heteroatoms. The minimum atomic E-state index is -0.0138. The molecule has 102 valence electrons. The van der Waals surface area contributed by atoms with Crippen LogP contribution in [0.5, 0.6) is 0 Å². The minimum Gasteiger partial charge on any atom is -0.382 e. The summed E-state index contributed by atoms with van der Waals surface area (Å²) in [4.78, 5) is 15.6. The molecular formula is C14H20N4O. The number of hydrogen-bond acceptors (Lipinski definition) is 4. The third kappa shape index (κ3) is 4.25. The summed E-state index contributed by atoms with van der Waals surface area (Å²) < 4.78 is 0. The van der Waals surface area contributed by atoms with E-state index >= 15 is 0 Å². The predicted octanol–water partition coefficient (Wildman–Crippen LogP) is 1.75. The summed E-state index contributed by atoms with van der Waals surface area (Å²) >= 11 is 0. The first-order valence-corrected chi connectivity index (χ1v) is 6.35. The molecule has 1 aromatic rings. The molecule has 0 unspecified atom stereocenters. The molecule has 2 N–H and O–H groups in total. The van der Waals surface area contributed by atoms with E-state index in [9.17, 15) is 4.79 Å². The van der Waals surface area contributed by atoms with Crippen LogP contribution in [0.25, 0.3) is 0 Å². The van der Waals surface area contributed by atoms with Crippen LogP contribution in [0.3, 0.4) is 0 Å². The third-order valence-corrected chi connectivity index (χ3v) is 2.70. The molecule has 0 fully saturated rings. The van der Waals surface area contributed by atoms with Gasteiger partial charge in [-0.2, -0.15) is 5.26 Å². The Labute approximate surface area is 114 Å². The Hall–Kier alpha value is -2.09. The highest BCUT2D eigenvalue weighted by Gasteiger charge is 2.08. The topological polar surface area (TPSA) is 77.8 Å². The lowest BCUT2D eigenvalue weighted by Crippen LogP contribution is -2.32. The van der Waals surface area contributed by atoms with Crippen LogP contribution in [0.1, 0.15) is 30.8 Å². The van der Waals surface area contributed by atoms with Gasteiger partial charge in [0.25, 0.3) is 0 Å². The predicted molar refractivity (Wildman–Crippen MR) is 74.8 cm³/mol. The van der Waals surface area contributed by atoms with E-state index in [1.54, 1.807) is 0 Å². The molecule has 5 nitrogen and oxygen atoms in total. The zero-order valence-electron chi connectivity index (χ0n) is 11.9. The summed E-state index contributed by atoms with van der Waals surface area (Å²) in [5.41, 5.74) is 2.91. The highest BCUT2D eigenvalue weighted by molar-refractivity contribution is 5.77. The van der Waals surface area contributed by atoms with Crippen LogP contribution in [0.2, 0.25) is 0 Å². The van der Waals surface area contributed by atoms with E-state index in [-0.39, 0.29) is 11.8 Å². The summed E-state index contributed by atoms with van der Waals surface area (Å²) in [6.07, 6.45) is 0. The van der Waals surface area contributed by atoms with Crippen LogP contribution in [-0.2, 0) is 4.79 Å². The summed E-state index contributed by atoms with van der Waals surface area (Å²) in [5, 5.41) is 15.1. The highest BCUT2D eigenvalue weighted by atomic mass is 16.1. The Morgan fingerprint density at radius 1 is 1.42 bits per heavy atom. The number of carbonyl (C=O) groups excluding carboxylic acids is 1. The Kier molecular flexibility index (Phi) is 5.31. The number of nitriles is 1. The van der Waals surface area contributed by atoms with Gasteiger partial charge in [0.05, 0.1) is 16.9 Å². The maximum Gasteiger partial charge on any atom is 0.222 e. The second-order valence-corrected chi connectivity index (χ2v) is 4.76. The van der Waals surface area contributed by atoms with Crippen molar-refractivity contribution in [1.29, 1.82) is 5.26 Å². The molecule has 0 aliphatic heterocycles. The Morgan fingerprint density at radius 3 is 2.68 bits per heavy atom. The molecule has 0 radical (unpaired) electrons. The summed E-state index contributed by atoms with van der Waals surface area (Å²) in [5.74, 6) is 0.0180. The summed E-state index contributed by atoms with van der Waals surface area (Å²) in [7, 11) is 0. The molecule has 1 rings (SSSR count). The van der Waals surface area contributed by atoms with Crippen molar-refractivity contribution >= 4 is 11.6 Å². The largest absolute Gasteiger partial charge is 0.382 e. The van der Waals surface area contributed by atoms with Crippen LogP contribution in [0.4, 0.5) is 5.69 Å². The molecule has 0 bridgehead atoms. The first-order chi connectivity index (χ1) is 8.95. The van der Waals surface area contributed by atoms with Gasteiger partial charge < -0.3 is 10.6 Å². The lowest BCUT2D eigenvalue weighted by molar-refractivity contribution is -0.123. The zero-order valence-corrected chi connectivity index (χ0v) is 11.9. The number of anilines is 1. The molecule has 0 saturated heterocycles. The van der Waals surface area contributed by atoms with Gasteiger partial charge in [-0.1, -0.05) is 13.8 Å². The van der Waals surface area contributed by atoms with Crippen LogP contribution in [-0.4, -0.2) is 24.0 Å². The van der Waals surface area contributed by atoms with Crippen molar-refractivity contribution in [2.24, 2.45) is 5.92 Å². The van der Waals surface area contributed by atoms with Crippen LogP contribution in [0.15, 0.2) is 6.07 Å². The lowest BCUT2D eigenvalue weighted by Gasteiger charge is -2.12. The van der Waals surface area contributed by atoms with E-state index in [1.165, 1.54) is 0 Å². The summed E-state index contributed by atoms with van der Waals surface area (Å²) in [6, 6.07) is 3.99. The first-order valence-electron chi connectivity index (χ1n) is 6.35. The number of hydrogen-bond donors (Lipinski definition) is 2. The number of aromatic nitrogens is 1. The van der Waals surface area contributed by atoms with E-state index < -0.39 is 0 Å². The van der Waals surface area contributed by atoms with E-state index in [1.807, 2.05) is 33.8 Å². The maximum absolute atomic E-state index is 11.4. The number of nitrogens with one attached hydrogen (secondary N) is 2. The Morgan fingerprint density at radius 2 is 2.11 bits per heavy atom. The van der Waals surface area contributed by atoms with Crippen LogP contribution >= 0.6 is 0 Å². The highest BCUT2D eigenvalue weighted by Crippen LogP contribution is 2.18. The number of aryl methyl sites for hydroxylation is 2. The van der Waals surface area contributed by atoms with Gasteiger partial charge in [0.1, 0.15) is 6.07 Å². The van der Waals surface area contributed by atoms with E-state index in [0.717, 1.165) is 17.1 Å². The van der Waals surface area contributed by atoms with Gasteiger partial charge in [0.15, 0.2) is 0 Å². The molecule has 0 aliphatic carbocycles. The van der Waals surface area contributed by atoms with Gasteiger partial charge in [-0.3, -0.25) is 9.78 Å². The second kappa shape index (κ2) is 6.74. The zero-order chi connectivity index (χ0) is 14.4. The number of amides is 1. The van der Waals surface area contributed by atoms with Gasteiger partial charge in [-0.05, 0) is 19.9 Å². The van der Waals surface area contributed by atoms with Gasteiger partial charge >= 0.3 is 0 Å². The molecule has 1 heterocycles. The van der Waals surface area contributed by atoms with Gasteiger partial charge in [0.2, 0.25) is 5.91 Å². The molecule has 1 amide bonds. The van der Waals surface area contributed by atoms with Crippen molar-refractivity contribution in [2.45, 2.75) is 27.7 Å². The van der Waals surface area contributed by atoms with Gasteiger partial charge in [0, 0.05) is 24.7 Å². The Bertz CT molecular complexity index is 503. The van der Waals surface area contributed by atoms with E-state index in [0.29, 0.717) is 18.7 Å². The summed E-state index contributed by atoms with van der Waals surface area (Å²) in [6.45, 7) is 8.52. The SMILES string of the molecule is Cc1cc(NCCNC(=O)C(C)C)c(C#N)c(C)n1. The average Bonchev–Trinajstić information content (AvgIpc) is 2.33.